The highest BCUT2D eigenvalue weighted by Gasteiger charge is 2.36. The van der Waals surface area contributed by atoms with Gasteiger partial charge in [-0.15, -0.1) is 0 Å². The third-order valence-corrected chi connectivity index (χ3v) is 2.90. The van der Waals surface area contributed by atoms with Crippen LogP contribution >= 0.6 is 0 Å². The van der Waals surface area contributed by atoms with E-state index >= 15 is 0 Å². The van der Waals surface area contributed by atoms with Gasteiger partial charge < -0.3 is 15.6 Å². The number of hydrogen-bond acceptors (Lipinski definition) is 6. The third kappa shape index (κ3) is 4.67. The minimum absolute atomic E-state index is 0.0389. The molecule has 1 atom stereocenters. The van der Waals surface area contributed by atoms with Crippen LogP contribution in [0.15, 0.2) is 23.0 Å². The van der Waals surface area contributed by atoms with E-state index in [9.17, 15) is 18.0 Å². The molecule has 0 bridgehead atoms. The van der Waals surface area contributed by atoms with Crippen molar-refractivity contribution >= 4 is 11.9 Å². The van der Waals surface area contributed by atoms with Crippen molar-refractivity contribution in [2.24, 2.45) is 0 Å². The molecule has 0 unspecified atom stereocenters. The summed E-state index contributed by atoms with van der Waals surface area (Å²) in [5.41, 5.74) is -0.0936. The Morgan fingerprint density at radius 1 is 1.04 bits per heavy atom. The smallest absolute Gasteiger partial charge is 0.352 e. The normalized spacial score (nSPS) is 13.0. The van der Waals surface area contributed by atoms with E-state index in [1.54, 1.807) is 6.07 Å². The zero-order chi connectivity index (χ0) is 17.9. The molecule has 2 aromatic heterocycles. The van der Waals surface area contributed by atoms with Crippen LogP contribution in [0, 0.1) is 0 Å². The molecule has 2 rings (SSSR count). The van der Waals surface area contributed by atoms with Crippen molar-refractivity contribution in [2.75, 3.05) is 10.6 Å². The fraction of sp³-hybridized carbons (Fsp3) is 0.429. The number of anilines is 2. The fourth-order valence-electron chi connectivity index (χ4n) is 1.74. The Balaban J connectivity index is 2.43. The number of alkyl halides is 3. The summed E-state index contributed by atoms with van der Waals surface area (Å²) in [5, 5.41) is 5.11. The van der Waals surface area contributed by atoms with E-state index in [1.165, 1.54) is 12.1 Å². The third-order valence-electron chi connectivity index (χ3n) is 2.90. The number of hydrogen-bond donors (Lipinski definition) is 3. The number of nitrogens with zero attached hydrogens (tertiary/aromatic N) is 3. The number of pyridine rings is 1. The molecular formula is C14H17F3N6O. The van der Waals surface area contributed by atoms with Gasteiger partial charge in [0.1, 0.15) is 6.04 Å². The number of H-pyrrole nitrogens is 1. The molecule has 0 amide bonds. The van der Waals surface area contributed by atoms with Crippen LogP contribution in [0.4, 0.5) is 25.1 Å². The van der Waals surface area contributed by atoms with Crippen molar-refractivity contribution in [3.8, 4) is 11.5 Å². The molecule has 10 heteroatoms. The topological polar surface area (TPSA) is 95.6 Å². The second-order valence-corrected chi connectivity index (χ2v) is 5.44. The van der Waals surface area contributed by atoms with Gasteiger partial charge in [-0.3, -0.25) is 4.79 Å². The van der Waals surface area contributed by atoms with Gasteiger partial charge in [0, 0.05) is 12.1 Å². The Morgan fingerprint density at radius 2 is 1.67 bits per heavy atom. The van der Waals surface area contributed by atoms with Crippen LogP contribution in [-0.4, -0.2) is 38.2 Å². The van der Waals surface area contributed by atoms with Gasteiger partial charge in [0.2, 0.25) is 17.5 Å². The molecule has 3 N–H and O–H groups in total. The first-order valence-corrected chi connectivity index (χ1v) is 7.20. The number of aromatic amines is 1. The van der Waals surface area contributed by atoms with E-state index in [0.717, 1.165) is 6.92 Å². The predicted octanol–water partition coefficient (Wildman–Crippen LogP) is 2.41. The summed E-state index contributed by atoms with van der Waals surface area (Å²) in [5.74, 6) is -0.0722. The SMILES string of the molecule is CC(C)Nc1nc(N[C@H](C)C(F)(F)F)nc(-c2cccc(=O)[nH]2)n1. The van der Waals surface area contributed by atoms with Gasteiger partial charge in [-0.1, -0.05) is 6.07 Å². The molecule has 0 aliphatic rings. The van der Waals surface area contributed by atoms with Crippen molar-refractivity contribution in [3.63, 3.8) is 0 Å². The highest BCUT2D eigenvalue weighted by molar-refractivity contribution is 5.53. The average Bonchev–Trinajstić information content (AvgIpc) is 2.45. The first-order chi connectivity index (χ1) is 11.1. The molecule has 2 heterocycles. The quantitative estimate of drug-likeness (QED) is 0.772. The number of aromatic nitrogens is 4. The maximum absolute atomic E-state index is 12.7. The van der Waals surface area contributed by atoms with E-state index in [2.05, 4.69) is 30.6 Å². The molecule has 0 aromatic carbocycles. The molecule has 24 heavy (non-hydrogen) atoms. The Bertz CT molecular complexity index is 759. The molecular weight excluding hydrogens is 325 g/mol. The lowest BCUT2D eigenvalue weighted by atomic mass is 10.3. The lowest BCUT2D eigenvalue weighted by Crippen LogP contribution is -2.34. The Labute approximate surface area is 135 Å². The van der Waals surface area contributed by atoms with Crippen molar-refractivity contribution in [1.82, 2.24) is 19.9 Å². The molecule has 7 nitrogen and oxygen atoms in total. The minimum Gasteiger partial charge on any atom is -0.352 e. The molecule has 0 radical (unpaired) electrons. The summed E-state index contributed by atoms with van der Waals surface area (Å²) in [6.45, 7) is 4.63. The standard InChI is InChI=1S/C14H17F3N6O/c1-7(2)18-12-21-11(9-5-4-6-10(24)20-9)22-13(23-12)19-8(3)14(15,16)17/h4-8H,1-3H3,(H,20,24)(H2,18,19,21,22,23)/t8-/m1/s1. The fourth-order valence-corrected chi connectivity index (χ4v) is 1.74. The predicted molar refractivity (Wildman–Crippen MR) is 83.8 cm³/mol. The van der Waals surface area contributed by atoms with Crippen LogP contribution in [0.3, 0.4) is 0 Å². The Morgan fingerprint density at radius 3 is 2.21 bits per heavy atom. The summed E-state index contributed by atoms with van der Waals surface area (Å²) in [6, 6.07) is 2.48. The minimum atomic E-state index is -4.44. The number of nitrogens with one attached hydrogen (secondary N) is 3. The van der Waals surface area contributed by atoms with Gasteiger partial charge in [0.05, 0.1) is 5.69 Å². The van der Waals surface area contributed by atoms with Gasteiger partial charge in [-0.25, -0.2) is 0 Å². The largest absolute Gasteiger partial charge is 0.408 e. The van der Waals surface area contributed by atoms with Crippen molar-refractivity contribution < 1.29 is 13.2 Å². The van der Waals surface area contributed by atoms with Gasteiger partial charge in [0.25, 0.3) is 0 Å². The van der Waals surface area contributed by atoms with Crippen LogP contribution < -0.4 is 16.2 Å². The number of rotatable bonds is 5. The van der Waals surface area contributed by atoms with Gasteiger partial charge in [0.15, 0.2) is 5.82 Å². The molecule has 0 aliphatic heterocycles. The first kappa shape index (κ1) is 17.7. The summed E-state index contributed by atoms with van der Waals surface area (Å²) < 4.78 is 38.2. The van der Waals surface area contributed by atoms with Crippen LogP contribution in [0.1, 0.15) is 20.8 Å². The summed E-state index contributed by atoms with van der Waals surface area (Å²) >= 11 is 0. The number of halogens is 3. The van der Waals surface area contributed by atoms with E-state index in [-0.39, 0.29) is 35.0 Å². The molecule has 0 spiro atoms. The molecule has 0 aliphatic carbocycles. The molecule has 130 valence electrons. The van der Waals surface area contributed by atoms with Crippen LogP contribution in [0.5, 0.6) is 0 Å². The summed E-state index contributed by atoms with van der Waals surface area (Å²) in [6.07, 6.45) is -4.44. The lowest BCUT2D eigenvalue weighted by molar-refractivity contribution is -0.138. The van der Waals surface area contributed by atoms with E-state index in [1.807, 2.05) is 13.8 Å². The highest BCUT2D eigenvalue weighted by atomic mass is 19.4. The Hall–Kier alpha value is -2.65. The zero-order valence-corrected chi connectivity index (χ0v) is 13.3. The second-order valence-electron chi connectivity index (χ2n) is 5.44. The van der Waals surface area contributed by atoms with Crippen molar-refractivity contribution in [3.05, 3.63) is 28.6 Å². The maximum atomic E-state index is 12.7. The zero-order valence-electron chi connectivity index (χ0n) is 13.3. The van der Waals surface area contributed by atoms with E-state index < -0.39 is 12.2 Å². The Kier molecular flexibility index (Phi) is 5.05. The average molecular weight is 342 g/mol. The first-order valence-electron chi connectivity index (χ1n) is 7.20. The maximum Gasteiger partial charge on any atom is 0.408 e. The lowest BCUT2D eigenvalue weighted by Gasteiger charge is -2.18. The van der Waals surface area contributed by atoms with Crippen molar-refractivity contribution in [1.29, 1.82) is 0 Å². The van der Waals surface area contributed by atoms with E-state index in [0.29, 0.717) is 0 Å². The summed E-state index contributed by atoms with van der Waals surface area (Å²) in [7, 11) is 0. The monoisotopic (exact) mass is 342 g/mol. The van der Waals surface area contributed by atoms with Gasteiger partial charge in [-0.05, 0) is 26.8 Å². The summed E-state index contributed by atoms with van der Waals surface area (Å²) in [4.78, 5) is 26.0. The highest BCUT2D eigenvalue weighted by Crippen LogP contribution is 2.23. The molecule has 2 aromatic rings. The van der Waals surface area contributed by atoms with Crippen molar-refractivity contribution in [2.45, 2.75) is 39.0 Å². The molecule has 0 fully saturated rings. The van der Waals surface area contributed by atoms with Crippen LogP contribution in [-0.2, 0) is 0 Å². The molecule has 0 saturated heterocycles. The van der Waals surface area contributed by atoms with Gasteiger partial charge >= 0.3 is 6.18 Å². The van der Waals surface area contributed by atoms with Gasteiger partial charge in [-0.2, -0.15) is 28.1 Å². The molecule has 0 saturated carbocycles. The second kappa shape index (κ2) is 6.85. The van der Waals surface area contributed by atoms with E-state index in [4.69, 9.17) is 0 Å². The van der Waals surface area contributed by atoms with Crippen LogP contribution in [0.25, 0.3) is 11.5 Å². The van der Waals surface area contributed by atoms with Crippen LogP contribution in [0.2, 0.25) is 0 Å².